The Kier molecular flexibility index (Phi) is 9.08. The van der Waals surface area contributed by atoms with Gasteiger partial charge in [0.15, 0.2) is 0 Å². The largest absolute Gasteiger partial charge is 0.317 e. The third-order valence-electron chi connectivity index (χ3n) is 1.93. The molecule has 0 unspecified atom stereocenters. The molecule has 1 N–H and O–H groups in total. The molecule has 15 heavy (non-hydrogen) atoms. The van der Waals surface area contributed by atoms with Crippen molar-refractivity contribution >= 4 is 0 Å². The number of halogens is 1. The van der Waals surface area contributed by atoms with E-state index in [1.165, 1.54) is 32.0 Å². The quantitative estimate of drug-likeness (QED) is 0.751. The topological polar surface area (TPSA) is 12.0 Å². The number of rotatable bonds is 4. The number of hydrogen-bond donors (Lipinski definition) is 1. The summed E-state index contributed by atoms with van der Waals surface area (Å²) in [6.45, 7) is 8.46. The number of aryl methyl sites for hydroxylation is 1. The van der Waals surface area contributed by atoms with Gasteiger partial charge in [0.2, 0.25) is 0 Å². The van der Waals surface area contributed by atoms with Gasteiger partial charge in [0.1, 0.15) is 5.82 Å². The van der Waals surface area contributed by atoms with Gasteiger partial charge in [0.25, 0.3) is 0 Å². The fourth-order valence-corrected chi connectivity index (χ4v) is 1.03. The Morgan fingerprint density at radius 3 is 1.93 bits per heavy atom. The van der Waals surface area contributed by atoms with Gasteiger partial charge in [0, 0.05) is 0 Å². The standard InChI is InChI=1S/C7H7F.C6H15N/c1-6-4-2-3-5-7(6)8;1-3-5-7-6-4-2/h2-5H,1H3;7H,3-6H2,1-2H3. The van der Waals surface area contributed by atoms with E-state index < -0.39 is 0 Å². The molecule has 0 saturated heterocycles. The van der Waals surface area contributed by atoms with Crippen LogP contribution < -0.4 is 5.32 Å². The van der Waals surface area contributed by atoms with Gasteiger partial charge < -0.3 is 5.32 Å². The fourth-order valence-electron chi connectivity index (χ4n) is 1.03. The van der Waals surface area contributed by atoms with Crippen molar-refractivity contribution in [2.75, 3.05) is 13.1 Å². The molecule has 0 aromatic heterocycles. The smallest absolute Gasteiger partial charge is 0.126 e. The van der Waals surface area contributed by atoms with Crippen LogP contribution in [0.5, 0.6) is 0 Å². The van der Waals surface area contributed by atoms with Crippen molar-refractivity contribution in [2.45, 2.75) is 33.6 Å². The van der Waals surface area contributed by atoms with E-state index in [1.807, 2.05) is 6.07 Å². The van der Waals surface area contributed by atoms with Crippen LogP contribution >= 0.6 is 0 Å². The van der Waals surface area contributed by atoms with E-state index in [2.05, 4.69) is 19.2 Å². The van der Waals surface area contributed by atoms with Crippen molar-refractivity contribution < 1.29 is 4.39 Å². The van der Waals surface area contributed by atoms with Crippen LogP contribution in [-0.2, 0) is 0 Å². The summed E-state index contributed by atoms with van der Waals surface area (Å²) in [5.41, 5.74) is 0.701. The Balaban J connectivity index is 0.000000265. The second-order valence-electron chi connectivity index (χ2n) is 3.50. The average Bonchev–Trinajstić information content (AvgIpc) is 2.24. The second kappa shape index (κ2) is 9.66. The monoisotopic (exact) mass is 211 g/mol. The normalized spacial score (nSPS) is 9.33. The lowest BCUT2D eigenvalue weighted by molar-refractivity contribution is 0.618. The number of benzene rings is 1. The van der Waals surface area contributed by atoms with Gasteiger partial charge in [-0.15, -0.1) is 0 Å². The maximum atomic E-state index is 12.3. The van der Waals surface area contributed by atoms with Gasteiger partial charge in [-0.3, -0.25) is 0 Å². The third-order valence-corrected chi connectivity index (χ3v) is 1.93. The molecule has 2 heteroatoms. The lowest BCUT2D eigenvalue weighted by Crippen LogP contribution is -2.14. The zero-order chi connectivity index (χ0) is 11.5. The summed E-state index contributed by atoms with van der Waals surface area (Å²) < 4.78 is 12.3. The first-order valence-electron chi connectivity index (χ1n) is 5.64. The van der Waals surface area contributed by atoms with Crippen molar-refractivity contribution in [2.24, 2.45) is 0 Å². The van der Waals surface area contributed by atoms with E-state index in [-0.39, 0.29) is 5.82 Å². The highest BCUT2D eigenvalue weighted by atomic mass is 19.1. The van der Waals surface area contributed by atoms with Crippen LogP contribution in [0.2, 0.25) is 0 Å². The van der Waals surface area contributed by atoms with Crippen LogP contribution in [0.25, 0.3) is 0 Å². The molecule has 0 atom stereocenters. The van der Waals surface area contributed by atoms with E-state index >= 15 is 0 Å². The van der Waals surface area contributed by atoms with Crippen molar-refractivity contribution in [3.05, 3.63) is 35.6 Å². The Morgan fingerprint density at radius 2 is 1.60 bits per heavy atom. The zero-order valence-corrected chi connectivity index (χ0v) is 10.0. The molecule has 0 aliphatic heterocycles. The molecule has 0 aliphatic carbocycles. The van der Waals surface area contributed by atoms with E-state index in [1.54, 1.807) is 19.1 Å². The van der Waals surface area contributed by atoms with Crippen LogP contribution in [0.15, 0.2) is 24.3 Å². The lowest BCUT2D eigenvalue weighted by atomic mass is 10.2. The predicted molar refractivity (Wildman–Crippen MR) is 64.6 cm³/mol. The molecule has 0 radical (unpaired) electrons. The molecule has 0 amide bonds. The summed E-state index contributed by atoms with van der Waals surface area (Å²) in [4.78, 5) is 0. The van der Waals surface area contributed by atoms with Gasteiger partial charge in [-0.1, -0.05) is 32.0 Å². The minimum Gasteiger partial charge on any atom is -0.317 e. The number of hydrogen-bond acceptors (Lipinski definition) is 1. The first-order chi connectivity index (χ1) is 7.22. The first-order valence-corrected chi connectivity index (χ1v) is 5.64. The van der Waals surface area contributed by atoms with Crippen molar-refractivity contribution in [3.8, 4) is 0 Å². The molecule has 1 nitrogen and oxygen atoms in total. The van der Waals surface area contributed by atoms with Crippen LogP contribution in [0, 0.1) is 12.7 Å². The summed E-state index contributed by atoms with van der Waals surface area (Å²) >= 11 is 0. The zero-order valence-electron chi connectivity index (χ0n) is 10.0. The van der Waals surface area contributed by atoms with Gasteiger partial charge in [-0.25, -0.2) is 4.39 Å². The van der Waals surface area contributed by atoms with Gasteiger partial charge in [-0.2, -0.15) is 0 Å². The summed E-state index contributed by atoms with van der Waals surface area (Å²) in [6.07, 6.45) is 2.50. The van der Waals surface area contributed by atoms with E-state index in [9.17, 15) is 4.39 Å². The van der Waals surface area contributed by atoms with Gasteiger partial charge in [-0.05, 0) is 44.5 Å². The van der Waals surface area contributed by atoms with Gasteiger partial charge in [0.05, 0.1) is 0 Å². The Bertz CT molecular complexity index is 223. The van der Waals surface area contributed by atoms with Crippen molar-refractivity contribution in [3.63, 3.8) is 0 Å². The SMILES string of the molecule is CCCNCCC.Cc1ccccc1F. The highest BCUT2D eigenvalue weighted by Gasteiger charge is 1.88. The fraction of sp³-hybridized carbons (Fsp3) is 0.538. The Morgan fingerprint density at radius 1 is 1.07 bits per heavy atom. The van der Waals surface area contributed by atoms with E-state index in [0.29, 0.717) is 5.56 Å². The lowest BCUT2D eigenvalue weighted by Gasteiger charge is -1.95. The highest BCUT2D eigenvalue weighted by Crippen LogP contribution is 2.01. The molecular formula is C13H22FN. The number of nitrogens with one attached hydrogen (secondary N) is 1. The summed E-state index contributed by atoms with van der Waals surface area (Å²) in [7, 11) is 0. The molecule has 86 valence electrons. The van der Waals surface area contributed by atoms with Crippen molar-refractivity contribution in [1.29, 1.82) is 0 Å². The minimum absolute atomic E-state index is 0.132. The molecule has 0 bridgehead atoms. The van der Waals surface area contributed by atoms with Crippen molar-refractivity contribution in [1.82, 2.24) is 5.32 Å². The van der Waals surface area contributed by atoms with Crippen LogP contribution in [0.1, 0.15) is 32.3 Å². The molecule has 0 heterocycles. The molecule has 0 fully saturated rings. The maximum Gasteiger partial charge on any atom is 0.126 e. The van der Waals surface area contributed by atoms with Crippen LogP contribution in [-0.4, -0.2) is 13.1 Å². The summed E-state index contributed by atoms with van der Waals surface area (Å²) in [5, 5.41) is 3.28. The molecule has 0 aliphatic rings. The Hall–Kier alpha value is -0.890. The van der Waals surface area contributed by atoms with Crippen LogP contribution in [0.4, 0.5) is 4.39 Å². The highest BCUT2D eigenvalue weighted by molar-refractivity contribution is 5.14. The molecule has 0 saturated carbocycles. The average molecular weight is 211 g/mol. The predicted octanol–water partition coefficient (Wildman–Crippen LogP) is 3.53. The first kappa shape index (κ1) is 14.1. The molecule has 0 spiro atoms. The van der Waals surface area contributed by atoms with Gasteiger partial charge >= 0.3 is 0 Å². The molecular weight excluding hydrogens is 189 g/mol. The second-order valence-corrected chi connectivity index (χ2v) is 3.50. The summed E-state index contributed by atoms with van der Waals surface area (Å²) in [5.74, 6) is -0.132. The molecule has 1 aromatic rings. The van der Waals surface area contributed by atoms with E-state index in [0.717, 1.165) is 0 Å². The maximum absolute atomic E-state index is 12.3. The Labute approximate surface area is 92.7 Å². The molecule has 1 aromatic carbocycles. The third kappa shape index (κ3) is 8.13. The summed E-state index contributed by atoms with van der Waals surface area (Å²) in [6, 6.07) is 6.70. The van der Waals surface area contributed by atoms with E-state index in [4.69, 9.17) is 0 Å². The van der Waals surface area contributed by atoms with Crippen LogP contribution in [0.3, 0.4) is 0 Å². The minimum atomic E-state index is -0.132. The molecule has 1 rings (SSSR count).